The zero-order valence-corrected chi connectivity index (χ0v) is 16.3. The summed E-state index contributed by atoms with van der Waals surface area (Å²) >= 11 is 3.40. The molecule has 7 heteroatoms. The fourth-order valence-electron chi connectivity index (χ4n) is 3.20. The predicted molar refractivity (Wildman–Crippen MR) is 108 cm³/mol. The number of rotatable bonds is 5. The van der Waals surface area contributed by atoms with E-state index in [1.54, 1.807) is 23.1 Å². The van der Waals surface area contributed by atoms with Gasteiger partial charge in [0.25, 0.3) is 0 Å². The molecule has 0 bridgehead atoms. The number of thioether (sulfide) groups is 1. The molecule has 136 valence electrons. The van der Waals surface area contributed by atoms with Crippen LogP contribution in [-0.2, 0) is 12.2 Å². The number of aromatic nitrogens is 3. The van der Waals surface area contributed by atoms with Crippen LogP contribution in [0.1, 0.15) is 17.4 Å². The number of nitrogens with zero attached hydrogens (tertiary/aromatic N) is 3. The number of aryl methyl sites for hydroxylation is 1. The van der Waals surface area contributed by atoms with E-state index in [1.165, 1.54) is 21.7 Å². The van der Waals surface area contributed by atoms with E-state index >= 15 is 0 Å². The van der Waals surface area contributed by atoms with Crippen molar-refractivity contribution in [1.82, 2.24) is 14.6 Å². The molecule has 0 saturated heterocycles. The molecule has 0 fully saturated rings. The summed E-state index contributed by atoms with van der Waals surface area (Å²) in [7, 11) is 0. The predicted octanol–water partition coefficient (Wildman–Crippen LogP) is 5.04. The quantitative estimate of drug-likeness (QED) is 0.443. The molecule has 0 amide bonds. The van der Waals surface area contributed by atoms with Crippen LogP contribution in [0.4, 0.5) is 0 Å². The minimum atomic E-state index is 0.297. The molecular weight excluding hydrogens is 378 g/mol. The molecule has 0 spiro atoms. The van der Waals surface area contributed by atoms with Crippen molar-refractivity contribution in [2.75, 3.05) is 6.79 Å². The third-order valence-electron chi connectivity index (χ3n) is 4.48. The highest BCUT2D eigenvalue weighted by molar-refractivity contribution is 7.98. The zero-order chi connectivity index (χ0) is 18.2. The lowest BCUT2D eigenvalue weighted by Gasteiger charge is -2.06. The van der Waals surface area contributed by atoms with Gasteiger partial charge < -0.3 is 9.47 Å². The molecule has 0 radical (unpaired) electrons. The molecule has 5 nitrogen and oxygen atoms in total. The monoisotopic (exact) mass is 395 g/mol. The van der Waals surface area contributed by atoms with Gasteiger partial charge in [0, 0.05) is 10.6 Å². The molecule has 5 rings (SSSR count). The molecule has 2 aromatic carbocycles. The highest BCUT2D eigenvalue weighted by Gasteiger charge is 2.19. The molecule has 27 heavy (non-hydrogen) atoms. The van der Waals surface area contributed by atoms with E-state index in [4.69, 9.17) is 9.47 Å². The molecular formula is C20H17N3O2S2. The van der Waals surface area contributed by atoms with Crippen molar-refractivity contribution in [2.24, 2.45) is 0 Å². The Kier molecular flexibility index (Phi) is 4.26. The van der Waals surface area contributed by atoms with Gasteiger partial charge in [0.1, 0.15) is 0 Å². The van der Waals surface area contributed by atoms with Gasteiger partial charge in [-0.05, 0) is 29.7 Å². The molecule has 0 N–H and O–H groups in total. The molecule has 4 aromatic rings. The van der Waals surface area contributed by atoms with E-state index in [9.17, 15) is 0 Å². The van der Waals surface area contributed by atoms with Crippen molar-refractivity contribution in [3.8, 4) is 22.8 Å². The highest BCUT2D eigenvalue weighted by Crippen LogP contribution is 2.37. The highest BCUT2D eigenvalue weighted by atomic mass is 32.2. The minimum absolute atomic E-state index is 0.297. The van der Waals surface area contributed by atoms with Gasteiger partial charge in [-0.3, -0.25) is 4.40 Å². The summed E-state index contributed by atoms with van der Waals surface area (Å²) in [5.41, 5.74) is 3.58. The molecule has 1 aliphatic rings. The summed E-state index contributed by atoms with van der Waals surface area (Å²) in [5, 5.41) is 9.76. The fourth-order valence-corrected chi connectivity index (χ4v) is 5.15. The number of hydrogen-bond donors (Lipinski definition) is 0. The van der Waals surface area contributed by atoms with Gasteiger partial charge in [0.2, 0.25) is 11.8 Å². The van der Waals surface area contributed by atoms with Crippen LogP contribution in [0, 0.1) is 0 Å². The minimum Gasteiger partial charge on any atom is -0.454 e. The van der Waals surface area contributed by atoms with Crippen LogP contribution < -0.4 is 9.47 Å². The Morgan fingerprint density at radius 1 is 1.07 bits per heavy atom. The second-order valence-electron chi connectivity index (χ2n) is 6.17. The SMILES string of the molecule is CCc1sc2nnc(SCc3ccc4c(c3)OCO4)n2c1-c1ccccc1. The second kappa shape index (κ2) is 6.90. The van der Waals surface area contributed by atoms with E-state index in [1.807, 2.05) is 18.2 Å². The largest absolute Gasteiger partial charge is 0.454 e. The van der Waals surface area contributed by atoms with Crippen molar-refractivity contribution < 1.29 is 9.47 Å². The van der Waals surface area contributed by atoms with Crippen molar-refractivity contribution >= 4 is 28.1 Å². The smallest absolute Gasteiger partial charge is 0.231 e. The molecule has 3 heterocycles. The average molecular weight is 396 g/mol. The summed E-state index contributed by atoms with van der Waals surface area (Å²) in [6.45, 7) is 2.48. The normalized spacial score (nSPS) is 12.8. The lowest BCUT2D eigenvalue weighted by atomic mass is 10.1. The van der Waals surface area contributed by atoms with Gasteiger partial charge in [-0.1, -0.05) is 66.4 Å². The second-order valence-corrected chi connectivity index (χ2v) is 8.17. The van der Waals surface area contributed by atoms with E-state index < -0.39 is 0 Å². The first-order valence-electron chi connectivity index (χ1n) is 8.77. The van der Waals surface area contributed by atoms with Crippen LogP contribution in [0.3, 0.4) is 0 Å². The molecule has 0 unspecified atom stereocenters. The Hall–Kier alpha value is -2.51. The maximum absolute atomic E-state index is 5.48. The van der Waals surface area contributed by atoms with Crippen LogP contribution >= 0.6 is 23.1 Å². The van der Waals surface area contributed by atoms with Gasteiger partial charge in [0.15, 0.2) is 16.7 Å². The topological polar surface area (TPSA) is 48.7 Å². The number of thiazole rings is 1. The number of ether oxygens (including phenoxy) is 2. The standard InChI is InChI=1S/C20H17N3O2S2/c1-2-17-18(14-6-4-3-5-7-14)23-19(21-22-20(23)27-17)26-11-13-8-9-15-16(10-13)25-12-24-15/h3-10H,2,11-12H2,1H3. The molecule has 1 aliphatic heterocycles. The van der Waals surface area contributed by atoms with Crippen molar-refractivity contribution in [1.29, 1.82) is 0 Å². The van der Waals surface area contributed by atoms with E-state index in [2.05, 4.69) is 51.9 Å². The lowest BCUT2D eigenvalue weighted by molar-refractivity contribution is 0.174. The Bertz CT molecular complexity index is 1110. The first-order chi connectivity index (χ1) is 13.3. The van der Waals surface area contributed by atoms with Gasteiger partial charge in [-0.25, -0.2) is 0 Å². The van der Waals surface area contributed by atoms with Gasteiger partial charge >= 0.3 is 0 Å². The van der Waals surface area contributed by atoms with Crippen LogP contribution in [0.5, 0.6) is 11.5 Å². The van der Waals surface area contributed by atoms with Crippen LogP contribution in [0.2, 0.25) is 0 Å². The summed E-state index contributed by atoms with van der Waals surface area (Å²) in [6.07, 6.45) is 0.977. The first kappa shape index (κ1) is 16.6. The van der Waals surface area contributed by atoms with E-state index in [0.29, 0.717) is 6.79 Å². The fraction of sp³-hybridized carbons (Fsp3) is 0.200. The molecule has 0 aliphatic carbocycles. The summed E-state index contributed by atoms with van der Waals surface area (Å²) in [4.78, 5) is 2.27. The molecule has 0 saturated carbocycles. The third kappa shape index (κ3) is 2.96. The van der Waals surface area contributed by atoms with Gasteiger partial charge in [-0.15, -0.1) is 10.2 Å². The van der Waals surface area contributed by atoms with E-state index in [0.717, 1.165) is 33.8 Å². The van der Waals surface area contributed by atoms with Crippen molar-refractivity contribution in [2.45, 2.75) is 24.3 Å². The van der Waals surface area contributed by atoms with Crippen LogP contribution in [0.15, 0.2) is 53.7 Å². The first-order valence-corrected chi connectivity index (χ1v) is 10.6. The number of fused-ring (bicyclic) bond motifs is 2. The third-order valence-corrected chi connectivity index (χ3v) is 6.65. The Morgan fingerprint density at radius 3 is 2.78 bits per heavy atom. The maximum Gasteiger partial charge on any atom is 0.231 e. The van der Waals surface area contributed by atoms with Crippen molar-refractivity contribution in [3.63, 3.8) is 0 Å². The number of hydrogen-bond acceptors (Lipinski definition) is 6. The average Bonchev–Trinajstić information content (AvgIpc) is 3.41. The van der Waals surface area contributed by atoms with Crippen LogP contribution in [-0.4, -0.2) is 21.4 Å². The summed E-state index contributed by atoms with van der Waals surface area (Å²) < 4.78 is 13.1. The molecule has 2 aromatic heterocycles. The Balaban J connectivity index is 1.49. The summed E-state index contributed by atoms with van der Waals surface area (Å²) in [5.74, 6) is 2.42. The molecule has 0 atom stereocenters. The number of benzene rings is 2. The van der Waals surface area contributed by atoms with Gasteiger partial charge in [0.05, 0.1) is 5.69 Å². The van der Waals surface area contributed by atoms with Crippen LogP contribution in [0.25, 0.3) is 16.2 Å². The van der Waals surface area contributed by atoms with Crippen molar-refractivity contribution in [3.05, 3.63) is 59.0 Å². The van der Waals surface area contributed by atoms with E-state index in [-0.39, 0.29) is 0 Å². The lowest BCUT2D eigenvalue weighted by Crippen LogP contribution is -1.93. The Labute approximate surface area is 165 Å². The zero-order valence-electron chi connectivity index (χ0n) is 14.7. The maximum atomic E-state index is 5.48. The van der Waals surface area contributed by atoms with Gasteiger partial charge in [-0.2, -0.15) is 0 Å². The summed E-state index contributed by atoms with van der Waals surface area (Å²) in [6, 6.07) is 16.6. The Morgan fingerprint density at radius 2 is 1.93 bits per heavy atom.